The first-order valence-corrected chi connectivity index (χ1v) is 7.63. The second-order valence-corrected chi connectivity index (χ2v) is 6.97. The van der Waals surface area contributed by atoms with Gasteiger partial charge in [0, 0.05) is 6.04 Å². The minimum Gasteiger partial charge on any atom is -0.326 e. The number of hydrogen-bond acceptors (Lipinski definition) is 2. The Balaban J connectivity index is 1.63. The Hall–Kier alpha value is -1.35. The van der Waals surface area contributed by atoms with Crippen molar-refractivity contribution in [1.82, 2.24) is 10.2 Å². The highest BCUT2D eigenvalue weighted by molar-refractivity contribution is 5.84. The van der Waals surface area contributed by atoms with Crippen LogP contribution in [-0.4, -0.2) is 29.6 Å². The molecule has 3 rings (SSSR count). The lowest BCUT2D eigenvalue weighted by Crippen LogP contribution is -2.38. The van der Waals surface area contributed by atoms with Crippen molar-refractivity contribution in [1.29, 1.82) is 0 Å². The van der Waals surface area contributed by atoms with Crippen LogP contribution in [0, 0.1) is 5.41 Å². The molecule has 2 fully saturated rings. The van der Waals surface area contributed by atoms with Crippen LogP contribution >= 0.6 is 0 Å². The van der Waals surface area contributed by atoms with Crippen molar-refractivity contribution in [2.24, 2.45) is 5.41 Å². The zero-order valence-corrected chi connectivity index (χ0v) is 12.4. The molecule has 1 saturated carbocycles. The number of hydrogen-bond donors (Lipinski definition) is 1. The molecule has 1 aliphatic heterocycles. The summed E-state index contributed by atoms with van der Waals surface area (Å²) in [5.41, 5.74) is 1.62. The van der Waals surface area contributed by atoms with Gasteiger partial charge in [0.25, 0.3) is 0 Å². The van der Waals surface area contributed by atoms with Crippen molar-refractivity contribution in [3.63, 3.8) is 0 Å². The van der Waals surface area contributed by atoms with Crippen LogP contribution < -0.4 is 5.32 Å². The lowest BCUT2D eigenvalue weighted by atomic mass is 9.91. The summed E-state index contributed by atoms with van der Waals surface area (Å²) in [7, 11) is 0. The second kappa shape index (κ2) is 5.21. The van der Waals surface area contributed by atoms with Gasteiger partial charge >= 0.3 is 0 Å². The molecular formula is C17H24N2O. The molecule has 3 heteroatoms. The summed E-state index contributed by atoms with van der Waals surface area (Å²) in [6.07, 6.45) is 4.31. The average Bonchev–Trinajstić information content (AvgIpc) is 2.95. The zero-order valence-electron chi connectivity index (χ0n) is 12.4. The van der Waals surface area contributed by atoms with E-state index < -0.39 is 0 Å². The lowest BCUT2D eigenvalue weighted by molar-refractivity contribution is -0.130. The largest absolute Gasteiger partial charge is 0.326 e. The molecule has 1 aromatic rings. The third kappa shape index (κ3) is 2.73. The molecule has 2 unspecified atom stereocenters. The van der Waals surface area contributed by atoms with E-state index in [1.807, 2.05) is 18.2 Å². The highest BCUT2D eigenvalue weighted by atomic mass is 16.2. The predicted molar refractivity (Wildman–Crippen MR) is 80.2 cm³/mol. The van der Waals surface area contributed by atoms with Crippen molar-refractivity contribution in [2.75, 3.05) is 6.67 Å². The van der Waals surface area contributed by atoms with Crippen LogP contribution in [0.3, 0.4) is 0 Å². The quantitative estimate of drug-likeness (QED) is 0.917. The summed E-state index contributed by atoms with van der Waals surface area (Å²) in [6, 6.07) is 10.7. The van der Waals surface area contributed by atoms with Crippen LogP contribution in [0.25, 0.3) is 0 Å². The van der Waals surface area contributed by atoms with Crippen LogP contribution in [-0.2, 0) is 11.2 Å². The van der Waals surface area contributed by atoms with Gasteiger partial charge in [-0.15, -0.1) is 0 Å². The molecule has 0 bridgehead atoms. The van der Waals surface area contributed by atoms with Gasteiger partial charge in [0.2, 0.25) is 5.91 Å². The molecule has 20 heavy (non-hydrogen) atoms. The molecule has 1 amide bonds. The first kappa shape index (κ1) is 13.6. The summed E-state index contributed by atoms with van der Waals surface area (Å²) in [6.45, 7) is 5.34. The van der Waals surface area contributed by atoms with E-state index in [2.05, 4.69) is 36.2 Å². The van der Waals surface area contributed by atoms with E-state index in [1.54, 1.807) is 0 Å². The zero-order chi connectivity index (χ0) is 14.2. The first-order valence-electron chi connectivity index (χ1n) is 7.63. The summed E-state index contributed by atoms with van der Waals surface area (Å²) < 4.78 is 0. The van der Waals surface area contributed by atoms with Gasteiger partial charge in [-0.25, -0.2) is 0 Å². The Labute approximate surface area is 121 Å². The van der Waals surface area contributed by atoms with Crippen LogP contribution in [0.4, 0.5) is 0 Å². The Morgan fingerprint density at radius 2 is 2.05 bits per heavy atom. The highest BCUT2D eigenvalue weighted by Gasteiger charge is 2.40. The topological polar surface area (TPSA) is 32.3 Å². The smallest absolute Gasteiger partial charge is 0.241 e. The Morgan fingerprint density at radius 3 is 2.70 bits per heavy atom. The fraction of sp³-hybridized carbons (Fsp3) is 0.588. The van der Waals surface area contributed by atoms with Gasteiger partial charge in [-0.3, -0.25) is 10.1 Å². The van der Waals surface area contributed by atoms with E-state index in [9.17, 15) is 4.79 Å². The maximum Gasteiger partial charge on any atom is 0.241 e. The van der Waals surface area contributed by atoms with E-state index in [1.165, 1.54) is 12.0 Å². The van der Waals surface area contributed by atoms with Crippen molar-refractivity contribution in [3.05, 3.63) is 35.9 Å². The molecule has 1 aromatic carbocycles. The normalized spacial score (nSPS) is 29.1. The number of rotatable bonds is 3. The number of carbonyl (C=O) groups is 1. The minimum absolute atomic E-state index is 0.0406. The molecule has 2 atom stereocenters. The number of nitrogens with one attached hydrogen (secondary N) is 1. The molecule has 1 aliphatic carbocycles. The van der Waals surface area contributed by atoms with Crippen molar-refractivity contribution >= 4 is 5.91 Å². The van der Waals surface area contributed by atoms with Gasteiger partial charge in [-0.2, -0.15) is 0 Å². The number of benzene rings is 1. The molecular weight excluding hydrogens is 248 g/mol. The third-order valence-corrected chi connectivity index (χ3v) is 4.76. The monoisotopic (exact) mass is 272 g/mol. The van der Waals surface area contributed by atoms with E-state index in [0.717, 1.165) is 25.9 Å². The van der Waals surface area contributed by atoms with Gasteiger partial charge in [0.05, 0.1) is 12.7 Å². The number of nitrogens with zero attached hydrogens (tertiary/aromatic N) is 1. The molecule has 108 valence electrons. The van der Waals surface area contributed by atoms with Gasteiger partial charge in [0.15, 0.2) is 0 Å². The van der Waals surface area contributed by atoms with E-state index in [0.29, 0.717) is 11.5 Å². The maximum absolute atomic E-state index is 12.6. The standard InChI is InChI=1S/C17H24N2O/c1-17(2)9-8-14(11-17)19-12-18-15(16(19)20)10-13-6-4-3-5-7-13/h3-7,14-15,18H,8-12H2,1-2H3. The Kier molecular flexibility index (Phi) is 3.55. The predicted octanol–water partition coefficient (Wildman–Crippen LogP) is 2.57. The van der Waals surface area contributed by atoms with Gasteiger partial charge in [-0.1, -0.05) is 44.2 Å². The molecule has 0 spiro atoms. The molecule has 1 N–H and O–H groups in total. The fourth-order valence-corrected chi connectivity index (χ4v) is 3.56. The van der Waals surface area contributed by atoms with Gasteiger partial charge in [0.1, 0.15) is 0 Å². The SMILES string of the molecule is CC1(C)CCC(N2CNC(Cc3ccccc3)C2=O)C1. The summed E-state index contributed by atoms with van der Waals surface area (Å²) >= 11 is 0. The van der Waals surface area contributed by atoms with Crippen molar-refractivity contribution < 1.29 is 4.79 Å². The van der Waals surface area contributed by atoms with Crippen LogP contribution in [0.5, 0.6) is 0 Å². The summed E-state index contributed by atoms with van der Waals surface area (Å²) in [5.74, 6) is 0.288. The Bertz CT molecular complexity index is 483. The first-order chi connectivity index (χ1) is 9.55. The van der Waals surface area contributed by atoms with Crippen LogP contribution in [0.1, 0.15) is 38.7 Å². The average molecular weight is 272 g/mol. The van der Waals surface area contributed by atoms with Gasteiger partial charge < -0.3 is 4.90 Å². The molecule has 1 saturated heterocycles. The van der Waals surface area contributed by atoms with Gasteiger partial charge in [-0.05, 0) is 36.7 Å². The minimum atomic E-state index is -0.0406. The highest BCUT2D eigenvalue weighted by Crippen LogP contribution is 2.39. The van der Waals surface area contributed by atoms with Crippen LogP contribution in [0.2, 0.25) is 0 Å². The fourth-order valence-electron chi connectivity index (χ4n) is 3.56. The van der Waals surface area contributed by atoms with E-state index in [-0.39, 0.29) is 11.9 Å². The molecule has 3 nitrogen and oxygen atoms in total. The summed E-state index contributed by atoms with van der Waals surface area (Å²) in [4.78, 5) is 14.6. The second-order valence-electron chi connectivity index (χ2n) is 6.97. The molecule has 2 aliphatic rings. The lowest BCUT2D eigenvalue weighted by Gasteiger charge is -2.25. The van der Waals surface area contributed by atoms with E-state index in [4.69, 9.17) is 0 Å². The van der Waals surface area contributed by atoms with E-state index >= 15 is 0 Å². The maximum atomic E-state index is 12.6. The number of carbonyl (C=O) groups excluding carboxylic acids is 1. The van der Waals surface area contributed by atoms with Crippen molar-refractivity contribution in [3.8, 4) is 0 Å². The molecule has 0 aromatic heterocycles. The molecule has 1 heterocycles. The van der Waals surface area contributed by atoms with Crippen molar-refractivity contribution in [2.45, 2.75) is 51.6 Å². The summed E-state index contributed by atoms with van der Waals surface area (Å²) in [5, 5.41) is 3.39. The van der Waals surface area contributed by atoms with Crippen LogP contribution in [0.15, 0.2) is 30.3 Å². The Morgan fingerprint density at radius 1 is 1.30 bits per heavy atom. The number of amides is 1. The third-order valence-electron chi connectivity index (χ3n) is 4.76. The molecule has 0 radical (unpaired) electrons.